The van der Waals surface area contributed by atoms with Gasteiger partial charge in [-0.05, 0) is 37.6 Å². The molecule has 4 nitrogen and oxygen atoms in total. The van der Waals surface area contributed by atoms with Crippen molar-refractivity contribution >= 4 is 16.7 Å². The first-order chi connectivity index (χ1) is 7.78. The third kappa shape index (κ3) is 2.92. The van der Waals surface area contributed by atoms with Crippen molar-refractivity contribution in [3.05, 3.63) is 5.82 Å². The van der Waals surface area contributed by atoms with Crippen LogP contribution in [0.25, 0.3) is 0 Å². The van der Waals surface area contributed by atoms with Crippen molar-refractivity contribution in [3.63, 3.8) is 0 Å². The van der Waals surface area contributed by atoms with Gasteiger partial charge in [-0.15, -0.1) is 0 Å². The van der Waals surface area contributed by atoms with E-state index < -0.39 is 0 Å². The Balaban J connectivity index is 1.80. The lowest BCUT2D eigenvalue weighted by atomic mass is 10.0. The van der Waals surface area contributed by atoms with Gasteiger partial charge < -0.3 is 11.1 Å². The normalized spacial score (nSPS) is 17.4. The van der Waals surface area contributed by atoms with Crippen molar-refractivity contribution in [1.29, 1.82) is 0 Å². The van der Waals surface area contributed by atoms with E-state index in [4.69, 9.17) is 5.73 Å². The predicted molar refractivity (Wildman–Crippen MR) is 67.7 cm³/mol. The van der Waals surface area contributed by atoms with Crippen LogP contribution in [0.3, 0.4) is 0 Å². The van der Waals surface area contributed by atoms with E-state index in [0.29, 0.717) is 5.41 Å². The quantitative estimate of drug-likeness (QED) is 0.765. The Morgan fingerprint density at radius 2 is 2.31 bits per heavy atom. The monoisotopic (exact) mass is 240 g/mol. The van der Waals surface area contributed by atoms with E-state index in [9.17, 15) is 0 Å². The Morgan fingerprint density at radius 3 is 2.94 bits per heavy atom. The van der Waals surface area contributed by atoms with Gasteiger partial charge >= 0.3 is 0 Å². The molecule has 90 valence electrons. The number of hydrogen-bond donors (Lipinski definition) is 2. The van der Waals surface area contributed by atoms with Gasteiger partial charge in [0.05, 0.1) is 0 Å². The second kappa shape index (κ2) is 5.10. The summed E-state index contributed by atoms with van der Waals surface area (Å²) in [7, 11) is 0. The Labute approximate surface area is 101 Å². The van der Waals surface area contributed by atoms with E-state index in [-0.39, 0.29) is 0 Å². The number of nitrogens with two attached hydrogens (primary N) is 1. The average molecular weight is 240 g/mol. The van der Waals surface area contributed by atoms with Gasteiger partial charge in [-0.2, -0.15) is 4.37 Å². The molecule has 1 saturated carbocycles. The van der Waals surface area contributed by atoms with E-state index in [1.807, 2.05) is 0 Å². The largest absolute Gasteiger partial charge is 0.360 e. The van der Waals surface area contributed by atoms with Gasteiger partial charge in [-0.3, -0.25) is 0 Å². The molecule has 0 spiro atoms. The van der Waals surface area contributed by atoms with E-state index in [1.165, 1.54) is 24.4 Å². The second-order valence-electron chi connectivity index (χ2n) is 4.66. The first-order valence-electron chi connectivity index (χ1n) is 6.04. The molecule has 0 unspecified atom stereocenters. The van der Waals surface area contributed by atoms with Gasteiger partial charge in [0.15, 0.2) is 0 Å². The van der Waals surface area contributed by atoms with Crippen LogP contribution < -0.4 is 11.1 Å². The molecule has 3 N–H and O–H groups in total. The lowest BCUT2D eigenvalue weighted by Gasteiger charge is -2.13. The summed E-state index contributed by atoms with van der Waals surface area (Å²) in [6.07, 6.45) is 5.82. The SMILES string of the molecule is CCCc1nsc(NCC2(CCN)CC2)n1. The highest BCUT2D eigenvalue weighted by molar-refractivity contribution is 7.09. The summed E-state index contributed by atoms with van der Waals surface area (Å²) in [4.78, 5) is 4.46. The molecule has 0 amide bonds. The van der Waals surface area contributed by atoms with Crippen molar-refractivity contribution in [2.45, 2.75) is 39.0 Å². The maximum Gasteiger partial charge on any atom is 0.202 e. The summed E-state index contributed by atoms with van der Waals surface area (Å²) in [5.74, 6) is 0.971. The number of anilines is 1. The number of aromatic nitrogens is 2. The van der Waals surface area contributed by atoms with Gasteiger partial charge in [0.25, 0.3) is 0 Å². The van der Waals surface area contributed by atoms with Crippen LogP contribution in [0.5, 0.6) is 0 Å². The number of hydrogen-bond acceptors (Lipinski definition) is 5. The molecule has 2 rings (SSSR count). The zero-order valence-electron chi connectivity index (χ0n) is 9.83. The molecule has 0 bridgehead atoms. The zero-order valence-corrected chi connectivity index (χ0v) is 10.6. The summed E-state index contributed by atoms with van der Waals surface area (Å²) in [6, 6.07) is 0. The summed E-state index contributed by atoms with van der Waals surface area (Å²) in [5, 5.41) is 4.36. The molecule has 1 fully saturated rings. The minimum absolute atomic E-state index is 0.464. The van der Waals surface area contributed by atoms with Crippen LogP contribution in [0, 0.1) is 5.41 Å². The minimum Gasteiger partial charge on any atom is -0.360 e. The van der Waals surface area contributed by atoms with Gasteiger partial charge in [-0.1, -0.05) is 6.92 Å². The number of nitrogens with one attached hydrogen (secondary N) is 1. The fourth-order valence-electron chi connectivity index (χ4n) is 1.91. The van der Waals surface area contributed by atoms with E-state index in [0.717, 1.165) is 43.3 Å². The van der Waals surface area contributed by atoms with Gasteiger partial charge in [0.2, 0.25) is 5.13 Å². The molecule has 0 saturated heterocycles. The molecule has 1 aromatic heterocycles. The molecule has 1 heterocycles. The van der Waals surface area contributed by atoms with Crippen molar-refractivity contribution in [2.75, 3.05) is 18.4 Å². The van der Waals surface area contributed by atoms with Crippen LogP contribution in [0.15, 0.2) is 0 Å². The summed E-state index contributed by atoms with van der Waals surface area (Å²) < 4.78 is 4.32. The van der Waals surface area contributed by atoms with E-state index in [2.05, 4.69) is 21.6 Å². The highest BCUT2D eigenvalue weighted by Gasteiger charge is 2.41. The van der Waals surface area contributed by atoms with Crippen molar-refractivity contribution in [1.82, 2.24) is 9.36 Å². The number of rotatable bonds is 7. The molecule has 1 aromatic rings. The zero-order chi connectivity index (χ0) is 11.4. The fourth-order valence-corrected chi connectivity index (χ4v) is 2.52. The second-order valence-corrected chi connectivity index (χ2v) is 5.41. The molecule has 1 aliphatic carbocycles. The molecule has 0 radical (unpaired) electrons. The fraction of sp³-hybridized carbons (Fsp3) is 0.818. The molecule has 1 aliphatic rings. The third-order valence-electron chi connectivity index (χ3n) is 3.19. The van der Waals surface area contributed by atoms with Crippen LogP contribution >= 0.6 is 11.5 Å². The summed E-state index contributed by atoms with van der Waals surface area (Å²) in [6.45, 7) is 3.94. The molecular formula is C11H20N4S. The molecule has 0 aliphatic heterocycles. The van der Waals surface area contributed by atoms with Gasteiger partial charge in [0, 0.05) is 24.5 Å². The van der Waals surface area contributed by atoms with Crippen molar-refractivity contribution in [3.8, 4) is 0 Å². The highest BCUT2D eigenvalue weighted by atomic mass is 32.1. The molecular weight excluding hydrogens is 220 g/mol. The van der Waals surface area contributed by atoms with Gasteiger partial charge in [-0.25, -0.2) is 4.98 Å². The maximum absolute atomic E-state index is 5.61. The third-order valence-corrected chi connectivity index (χ3v) is 3.90. The topological polar surface area (TPSA) is 63.8 Å². The lowest BCUT2D eigenvalue weighted by molar-refractivity contribution is 0.501. The van der Waals surface area contributed by atoms with Crippen LogP contribution in [-0.2, 0) is 6.42 Å². The molecule has 5 heteroatoms. The van der Waals surface area contributed by atoms with Crippen LogP contribution in [0.1, 0.15) is 38.4 Å². The standard InChI is InChI=1S/C11H20N4S/c1-2-3-9-14-10(16-15-9)13-8-11(4-5-11)6-7-12/h2-8,12H2,1H3,(H,13,14,15). The Bertz CT molecular complexity index is 332. The summed E-state index contributed by atoms with van der Waals surface area (Å²) in [5.41, 5.74) is 6.08. The average Bonchev–Trinajstić information content (AvgIpc) is 2.89. The highest BCUT2D eigenvalue weighted by Crippen LogP contribution is 2.48. The van der Waals surface area contributed by atoms with Crippen LogP contribution in [-0.4, -0.2) is 22.4 Å². The van der Waals surface area contributed by atoms with E-state index >= 15 is 0 Å². The summed E-state index contributed by atoms with van der Waals surface area (Å²) >= 11 is 1.47. The first kappa shape index (κ1) is 11.8. The van der Waals surface area contributed by atoms with Crippen molar-refractivity contribution < 1.29 is 0 Å². The predicted octanol–water partition coefficient (Wildman–Crippen LogP) is 2.03. The maximum atomic E-state index is 5.61. The minimum atomic E-state index is 0.464. The first-order valence-corrected chi connectivity index (χ1v) is 6.82. The van der Waals surface area contributed by atoms with Gasteiger partial charge in [0.1, 0.15) is 5.82 Å². The molecule has 0 aromatic carbocycles. The Hall–Kier alpha value is -0.680. The number of aryl methyl sites for hydroxylation is 1. The van der Waals surface area contributed by atoms with Crippen LogP contribution in [0.2, 0.25) is 0 Å². The van der Waals surface area contributed by atoms with Crippen molar-refractivity contribution in [2.24, 2.45) is 11.1 Å². The number of nitrogens with zero attached hydrogens (tertiary/aromatic N) is 2. The lowest BCUT2D eigenvalue weighted by Crippen LogP contribution is -2.19. The smallest absolute Gasteiger partial charge is 0.202 e. The molecule has 0 atom stereocenters. The Morgan fingerprint density at radius 1 is 1.50 bits per heavy atom. The van der Waals surface area contributed by atoms with Crippen LogP contribution in [0.4, 0.5) is 5.13 Å². The van der Waals surface area contributed by atoms with E-state index in [1.54, 1.807) is 0 Å². The Kier molecular flexibility index (Phi) is 3.76. The molecule has 16 heavy (non-hydrogen) atoms.